The molecular weight excluding hydrogens is 202 g/mol. The predicted molar refractivity (Wildman–Crippen MR) is 66.1 cm³/mol. The molecule has 0 rings (SSSR count). The topological polar surface area (TPSA) is 46.2 Å². The van der Waals surface area contributed by atoms with Crippen LogP contribution in [0.3, 0.4) is 0 Å². The molecule has 0 aliphatic heterocycles. The Kier molecular flexibility index (Phi) is 7.02. The number of nitrogens with one attached hydrogen (secondary N) is 1. The Hall–Kier alpha value is -0.860. The Bertz CT molecular complexity index is 236. The van der Waals surface area contributed by atoms with Crippen molar-refractivity contribution in [3.8, 4) is 0 Å². The van der Waals surface area contributed by atoms with Crippen LogP contribution in [0, 0.1) is 11.8 Å². The fourth-order valence-corrected chi connectivity index (χ4v) is 1.39. The number of Topliss-reactive ketones (excluding diaryl/α,β-unsaturated/α-hetero) is 1. The van der Waals surface area contributed by atoms with Crippen molar-refractivity contribution >= 4 is 11.7 Å². The first-order valence-electron chi connectivity index (χ1n) is 6.21. The van der Waals surface area contributed by atoms with E-state index in [2.05, 4.69) is 12.2 Å². The minimum Gasteiger partial charge on any atom is -0.346 e. The summed E-state index contributed by atoms with van der Waals surface area (Å²) in [5, 5.41) is 2.84. The summed E-state index contributed by atoms with van der Waals surface area (Å²) in [7, 11) is 0. The van der Waals surface area contributed by atoms with Gasteiger partial charge in [-0.3, -0.25) is 9.59 Å². The molecule has 0 aromatic rings. The van der Waals surface area contributed by atoms with Crippen LogP contribution in [0.15, 0.2) is 0 Å². The van der Waals surface area contributed by atoms with Crippen molar-refractivity contribution in [1.29, 1.82) is 0 Å². The van der Waals surface area contributed by atoms with Gasteiger partial charge in [-0.2, -0.15) is 0 Å². The van der Waals surface area contributed by atoms with E-state index in [9.17, 15) is 9.59 Å². The van der Waals surface area contributed by atoms with Gasteiger partial charge in [0.1, 0.15) is 0 Å². The fraction of sp³-hybridized carbons (Fsp3) is 0.846. The third kappa shape index (κ3) is 5.29. The van der Waals surface area contributed by atoms with Crippen LogP contribution in [0.4, 0.5) is 0 Å². The summed E-state index contributed by atoms with van der Waals surface area (Å²) in [6.07, 6.45) is 2.77. The third-order valence-corrected chi connectivity index (χ3v) is 3.07. The van der Waals surface area contributed by atoms with E-state index in [1.807, 2.05) is 20.8 Å². The Labute approximate surface area is 99.0 Å². The van der Waals surface area contributed by atoms with Crippen LogP contribution in [0.2, 0.25) is 0 Å². The molecule has 0 aliphatic rings. The van der Waals surface area contributed by atoms with Crippen LogP contribution in [0.1, 0.15) is 53.9 Å². The molecule has 1 N–H and O–H groups in total. The van der Waals surface area contributed by atoms with Gasteiger partial charge in [0.05, 0.1) is 6.04 Å². The van der Waals surface area contributed by atoms with Crippen molar-refractivity contribution in [2.45, 2.75) is 59.9 Å². The summed E-state index contributed by atoms with van der Waals surface area (Å²) < 4.78 is 0. The lowest BCUT2D eigenvalue weighted by atomic mass is 9.96. The van der Waals surface area contributed by atoms with Crippen LogP contribution in [-0.2, 0) is 9.59 Å². The zero-order chi connectivity index (χ0) is 12.7. The molecule has 2 atom stereocenters. The van der Waals surface area contributed by atoms with E-state index in [4.69, 9.17) is 0 Å². The average Bonchev–Trinajstić information content (AvgIpc) is 2.21. The summed E-state index contributed by atoms with van der Waals surface area (Å²) in [6.45, 7) is 9.55. The number of ketones is 1. The summed E-state index contributed by atoms with van der Waals surface area (Å²) in [5.41, 5.74) is 0. The number of carbonyl (C=O) groups excluding carboxylic acids is 2. The highest BCUT2D eigenvalue weighted by molar-refractivity contribution is 5.88. The second-order valence-electron chi connectivity index (χ2n) is 4.85. The molecular formula is C13H25NO2. The van der Waals surface area contributed by atoms with Crippen molar-refractivity contribution < 1.29 is 9.59 Å². The minimum atomic E-state index is -0.298. The summed E-state index contributed by atoms with van der Waals surface area (Å²) >= 11 is 0. The Morgan fingerprint density at radius 3 is 2.12 bits per heavy atom. The van der Waals surface area contributed by atoms with Gasteiger partial charge >= 0.3 is 0 Å². The van der Waals surface area contributed by atoms with Crippen molar-refractivity contribution in [3.63, 3.8) is 0 Å². The molecule has 1 amide bonds. The molecule has 3 heteroatoms. The number of hydrogen-bond donors (Lipinski definition) is 1. The lowest BCUT2D eigenvalue weighted by Crippen LogP contribution is -2.43. The maximum Gasteiger partial charge on any atom is 0.223 e. The van der Waals surface area contributed by atoms with Crippen LogP contribution in [-0.4, -0.2) is 17.7 Å². The van der Waals surface area contributed by atoms with Crippen LogP contribution in [0.25, 0.3) is 0 Å². The molecule has 94 valence electrons. The second-order valence-corrected chi connectivity index (χ2v) is 4.85. The van der Waals surface area contributed by atoms with Gasteiger partial charge < -0.3 is 5.32 Å². The van der Waals surface area contributed by atoms with Gasteiger partial charge in [0, 0.05) is 5.92 Å². The van der Waals surface area contributed by atoms with E-state index in [1.165, 1.54) is 0 Å². The van der Waals surface area contributed by atoms with Crippen LogP contribution in [0.5, 0.6) is 0 Å². The van der Waals surface area contributed by atoms with Gasteiger partial charge in [0.2, 0.25) is 5.91 Å². The average molecular weight is 227 g/mol. The first-order chi connectivity index (χ1) is 7.40. The molecule has 0 saturated heterocycles. The lowest BCUT2D eigenvalue weighted by Gasteiger charge is -2.20. The maximum atomic E-state index is 11.8. The van der Waals surface area contributed by atoms with E-state index < -0.39 is 0 Å². The molecule has 0 heterocycles. The van der Waals surface area contributed by atoms with Gasteiger partial charge in [-0.15, -0.1) is 0 Å². The third-order valence-electron chi connectivity index (χ3n) is 3.07. The molecule has 0 bridgehead atoms. The van der Waals surface area contributed by atoms with Crippen molar-refractivity contribution in [2.24, 2.45) is 11.8 Å². The number of amides is 1. The first kappa shape index (κ1) is 15.1. The number of hydrogen-bond acceptors (Lipinski definition) is 2. The molecule has 0 spiro atoms. The molecule has 3 nitrogen and oxygen atoms in total. The smallest absolute Gasteiger partial charge is 0.223 e. The van der Waals surface area contributed by atoms with Crippen molar-refractivity contribution in [3.05, 3.63) is 0 Å². The number of carbonyl (C=O) groups is 2. The Morgan fingerprint density at radius 1 is 1.19 bits per heavy atom. The summed E-state index contributed by atoms with van der Waals surface area (Å²) in [5.74, 6) is 0.311. The molecule has 0 aromatic carbocycles. The van der Waals surface area contributed by atoms with Crippen LogP contribution >= 0.6 is 0 Å². The normalized spacial score (nSPS) is 14.6. The van der Waals surface area contributed by atoms with E-state index >= 15 is 0 Å². The second kappa shape index (κ2) is 7.42. The van der Waals surface area contributed by atoms with Crippen LogP contribution < -0.4 is 5.32 Å². The van der Waals surface area contributed by atoms with E-state index in [1.54, 1.807) is 6.92 Å². The molecule has 2 unspecified atom stereocenters. The van der Waals surface area contributed by atoms with Crippen molar-refractivity contribution in [1.82, 2.24) is 5.32 Å². The molecule has 0 radical (unpaired) electrons. The standard InChI is InChI=1S/C13H25NO2/c1-6-7-8-12(11(5)15)14-13(16)10(4)9(2)3/h9-10,12H,6-8H2,1-5H3,(H,14,16). The Balaban J connectivity index is 4.28. The molecule has 0 fully saturated rings. The summed E-state index contributed by atoms with van der Waals surface area (Å²) in [4.78, 5) is 23.2. The lowest BCUT2D eigenvalue weighted by molar-refractivity contribution is -0.130. The monoisotopic (exact) mass is 227 g/mol. The van der Waals surface area contributed by atoms with Gasteiger partial charge in [0.15, 0.2) is 5.78 Å². The quantitative estimate of drug-likeness (QED) is 0.726. The molecule has 16 heavy (non-hydrogen) atoms. The number of unbranched alkanes of at least 4 members (excludes halogenated alkanes) is 1. The van der Waals surface area contributed by atoms with Gasteiger partial charge in [0.25, 0.3) is 0 Å². The number of rotatable bonds is 7. The highest BCUT2D eigenvalue weighted by atomic mass is 16.2. The first-order valence-corrected chi connectivity index (χ1v) is 6.21. The van der Waals surface area contributed by atoms with Gasteiger partial charge in [-0.1, -0.05) is 40.5 Å². The Morgan fingerprint density at radius 2 is 1.75 bits per heavy atom. The predicted octanol–water partition coefficient (Wildman–Crippen LogP) is 2.54. The zero-order valence-electron chi connectivity index (χ0n) is 11.2. The molecule has 0 saturated carbocycles. The van der Waals surface area contributed by atoms with E-state index in [-0.39, 0.29) is 23.7 Å². The highest BCUT2D eigenvalue weighted by Gasteiger charge is 2.21. The molecule has 0 aliphatic carbocycles. The highest BCUT2D eigenvalue weighted by Crippen LogP contribution is 2.11. The van der Waals surface area contributed by atoms with Gasteiger partial charge in [-0.05, 0) is 19.3 Å². The molecule has 0 aromatic heterocycles. The minimum absolute atomic E-state index is 0.00805. The SMILES string of the molecule is CCCCC(NC(=O)C(C)C(C)C)C(C)=O. The summed E-state index contributed by atoms with van der Waals surface area (Å²) in [6, 6.07) is -0.298. The largest absolute Gasteiger partial charge is 0.346 e. The zero-order valence-corrected chi connectivity index (χ0v) is 11.2. The van der Waals surface area contributed by atoms with Gasteiger partial charge in [-0.25, -0.2) is 0 Å². The van der Waals surface area contributed by atoms with E-state index in [0.717, 1.165) is 19.3 Å². The van der Waals surface area contributed by atoms with E-state index in [0.29, 0.717) is 5.92 Å². The maximum absolute atomic E-state index is 11.8. The fourth-order valence-electron chi connectivity index (χ4n) is 1.39. The van der Waals surface area contributed by atoms with Crippen molar-refractivity contribution in [2.75, 3.05) is 0 Å².